The molecule has 5 rings (SSSR count). The minimum Gasteiger partial charge on any atom is -0.337 e. The Balaban J connectivity index is 1.13. The Hall–Kier alpha value is -3.35. The fourth-order valence-corrected chi connectivity index (χ4v) is 5.70. The van der Waals surface area contributed by atoms with Crippen LogP contribution >= 0.6 is 11.9 Å². The van der Waals surface area contributed by atoms with Gasteiger partial charge in [0.05, 0.1) is 10.4 Å². The van der Waals surface area contributed by atoms with E-state index in [1.165, 1.54) is 35.9 Å². The number of hydrogen-bond acceptors (Lipinski definition) is 5. The van der Waals surface area contributed by atoms with E-state index < -0.39 is 0 Å². The van der Waals surface area contributed by atoms with Gasteiger partial charge in [0.2, 0.25) is 0 Å². The molecule has 1 aromatic heterocycles. The molecule has 4 aromatic rings. The molecule has 6 heteroatoms. The lowest BCUT2D eigenvalue weighted by molar-refractivity contribution is 0.0761. The summed E-state index contributed by atoms with van der Waals surface area (Å²) < 4.78 is 3.40. The molecule has 2 heterocycles. The number of fused-ring (bicyclic) bond motifs is 1. The number of anilines is 1. The fraction of sp³-hybridized carbons (Fsp3) is 0.312. The largest absolute Gasteiger partial charge is 0.337 e. The summed E-state index contributed by atoms with van der Waals surface area (Å²) >= 11 is 1.54. The standard InChI is InChI=1S/C32H36N4OS/c1-2-3-7-25-11-13-26(14-12-25)24-35-20-6-21-36(23-22-35)32(37)28-15-17-29(18-16-28)34-38-30-10-4-8-27-9-5-19-33-31(27)30/h4-5,8-19,34H,2-3,6-7,20-24H2,1H3. The Morgan fingerprint density at radius 1 is 0.895 bits per heavy atom. The highest BCUT2D eigenvalue weighted by atomic mass is 32.2. The third-order valence-corrected chi connectivity index (χ3v) is 8.02. The molecule has 1 N–H and O–H groups in total. The summed E-state index contributed by atoms with van der Waals surface area (Å²) in [4.78, 5) is 23.3. The van der Waals surface area contributed by atoms with Gasteiger partial charge in [-0.1, -0.05) is 55.8 Å². The zero-order valence-corrected chi connectivity index (χ0v) is 22.9. The van der Waals surface area contributed by atoms with Gasteiger partial charge in [-0.15, -0.1) is 0 Å². The molecule has 196 valence electrons. The van der Waals surface area contributed by atoms with Crippen LogP contribution in [0.1, 0.15) is 47.7 Å². The molecule has 0 aliphatic carbocycles. The molecular formula is C32H36N4OS. The van der Waals surface area contributed by atoms with Crippen LogP contribution in [0.25, 0.3) is 10.9 Å². The monoisotopic (exact) mass is 524 g/mol. The first-order valence-corrected chi connectivity index (χ1v) is 14.5. The Morgan fingerprint density at radius 3 is 2.50 bits per heavy atom. The predicted molar refractivity (Wildman–Crippen MR) is 159 cm³/mol. The summed E-state index contributed by atoms with van der Waals surface area (Å²) in [6.07, 6.45) is 6.45. The van der Waals surface area contributed by atoms with E-state index in [0.29, 0.717) is 0 Å². The number of nitrogens with one attached hydrogen (secondary N) is 1. The quantitative estimate of drug-likeness (QED) is 0.238. The van der Waals surface area contributed by atoms with Crippen LogP contribution in [0.5, 0.6) is 0 Å². The SMILES string of the molecule is CCCCc1ccc(CN2CCCN(C(=O)c3ccc(NSc4cccc5cccnc45)cc3)CC2)cc1. The molecule has 1 amide bonds. The van der Waals surface area contributed by atoms with Crippen molar-refractivity contribution in [1.29, 1.82) is 0 Å². The number of rotatable bonds is 9. The lowest BCUT2D eigenvalue weighted by Gasteiger charge is -2.22. The third kappa shape index (κ3) is 6.74. The minimum absolute atomic E-state index is 0.115. The zero-order chi connectivity index (χ0) is 26.2. The van der Waals surface area contributed by atoms with Crippen LogP contribution in [0.15, 0.2) is 90.0 Å². The van der Waals surface area contributed by atoms with Crippen molar-refractivity contribution < 1.29 is 4.79 Å². The van der Waals surface area contributed by atoms with E-state index in [0.717, 1.165) is 72.6 Å². The van der Waals surface area contributed by atoms with Crippen molar-refractivity contribution in [2.75, 3.05) is 30.9 Å². The van der Waals surface area contributed by atoms with Crippen molar-refractivity contribution in [2.24, 2.45) is 0 Å². The predicted octanol–water partition coefficient (Wildman–Crippen LogP) is 7.04. The minimum atomic E-state index is 0.115. The number of carbonyl (C=O) groups excluding carboxylic acids is 1. The second-order valence-electron chi connectivity index (χ2n) is 9.95. The van der Waals surface area contributed by atoms with Gasteiger partial charge in [0.25, 0.3) is 5.91 Å². The smallest absolute Gasteiger partial charge is 0.253 e. The number of carbonyl (C=O) groups is 1. The molecule has 0 atom stereocenters. The third-order valence-electron chi connectivity index (χ3n) is 7.13. The average Bonchev–Trinajstić information content (AvgIpc) is 3.21. The summed E-state index contributed by atoms with van der Waals surface area (Å²) in [6.45, 7) is 6.66. The lowest BCUT2D eigenvalue weighted by Crippen LogP contribution is -2.35. The molecule has 0 bridgehead atoms. The van der Waals surface area contributed by atoms with E-state index in [4.69, 9.17) is 0 Å². The first-order chi connectivity index (χ1) is 18.7. The lowest BCUT2D eigenvalue weighted by atomic mass is 10.1. The zero-order valence-electron chi connectivity index (χ0n) is 22.1. The van der Waals surface area contributed by atoms with Crippen molar-refractivity contribution in [1.82, 2.24) is 14.8 Å². The van der Waals surface area contributed by atoms with Gasteiger partial charge >= 0.3 is 0 Å². The van der Waals surface area contributed by atoms with Crippen molar-refractivity contribution in [3.63, 3.8) is 0 Å². The second kappa shape index (κ2) is 12.9. The second-order valence-corrected chi connectivity index (χ2v) is 10.8. The number of aryl methyl sites for hydroxylation is 1. The number of unbranched alkanes of at least 4 members (excludes halogenated alkanes) is 1. The number of para-hydroxylation sites is 1. The van der Waals surface area contributed by atoms with Crippen molar-refractivity contribution in [2.45, 2.75) is 44.0 Å². The van der Waals surface area contributed by atoms with Crippen LogP contribution < -0.4 is 4.72 Å². The van der Waals surface area contributed by atoms with Gasteiger partial charge in [-0.25, -0.2) is 0 Å². The summed E-state index contributed by atoms with van der Waals surface area (Å²) in [6, 6.07) is 27.1. The van der Waals surface area contributed by atoms with Crippen LogP contribution in [0.4, 0.5) is 5.69 Å². The summed E-state index contributed by atoms with van der Waals surface area (Å²) in [7, 11) is 0. The maximum atomic E-state index is 13.3. The van der Waals surface area contributed by atoms with Gasteiger partial charge in [-0.2, -0.15) is 0 Å². The van der Waals surface area contributed by atoms with Gasteiger partial charge in [-0.05, 0) is 78.7 Å². The van der Waals surface area contributed by atoms with Crippen LogP contribution in [0.2, 0.25) is 0 Å². The van der Waals surface area contributed by atoms with E-state index in [1.807, 2.05) is 47.5 Å². The Morgan fingerprint density at radius 2 is 1.68 bits per heavy atom. The average molecular weight is 525 g/mol. The van der Waals surface area contributed by atoms with E-state index >= 15 is 0 Å². The number of nitrogens with zero attached hydrogens (tertiary/aromatic N) is 3. The van der Waals surface area contributed by atoms with E-state index in [-0.39, 0.29) is 5.91 Å². The summed E-state index contributed by atoms with van der Waals surface area (Å²) in [5, 5.41) is 1.12. The number of hydrogen-bond donors (Lipinski definition) is 1. The number of pyridine rings is 1. The van der Waals surface area contributed by atoms with E-state index in [9.17, 15) is 4.79 Å². The molecular weight excluding hydrogens is 488 g/mol. The first-order valence-electron chi connectivity index (χ1n) is 13.7. The maximum absolute atomic E-state index is 13.3. The number of benzene rings is 3. The molecule has 3 aromatic carbocycles. The van der Waals surface area contributed by atoms with Crippen LogP contribution in [0, 0.1) is 0 Å². The molecule has 1 saturated heterocycles. The highest BCUT2D eigenvalue weighted by Crippen LogP contribution is 2.27. The van der Waals surface area contributed by atoms with Gasteiger partial charge < -0.3 is 9.62 Å². The van der Waals surface area contributed by atoms with Crippen molar-refractivity contribution in [3.05, 3.63) is 102 Å². The molecule has 0 unspecified atom stereocenters. The van der Waals surface area contributed by atoms with Gasteiger partial charge in [0.1, 0.15) is 0 Å². The van der Waals surface area contributed by atoms with Gasteiger partial charge in [-0.3, -0.25) is 14.7 Å². The Kier molecular flexibility index (Phi) is 8.94. The molecule has 1 fully saturated rings. The number of aromatic nitrogens is 1. The first kappa shape index (κ1) is 26.3. The molecule has 38 heavy (non-hydrogen) atoms. The Bertz CT molecular complexity index is 1330. The molecule has 0 saturated carbocycles. The molecule has 0 spiro atoms. The highest BCUT2D eigenvalue weighted by Gasteiger charge is 2.20. The van der Waals surface area contributed by atoms with E-state index in [1.54, 1.807) is 0 Å². The van der Waals surface area contributed by atoms with Crippen LogP contribution in [-0.2, 0) is 13.0 Å². The highest BCUT2D eigenvalue weighted by molar-refractivity contribution is 8.00. The number of amides is 1. The molecule has 1 aliphatic rings. The van der Waals surface area contributed by atoms with Gasteiger partial charge in [0, 0.05) is 55.6 Å². The summed E-state index contributed by atoms with van der Waals surface area (Å²) in [5.74, 6) is 0.115. The van der Waals surface area contributed by atoms with Crippen molar-refractivity contribution in [3.8, 4) is 0 Å². The normalized spacial score (nSPS) is 14.4. The van der Waals surface area contributed by atoms with E-state index in [2.05, 4.69) is 64.0 Å². The molecule has 1 aliphatic heterocycles. The maximum Gasteiger partial charge on any atom is 0.253 e. The van der Waals surface area contributed by atoms with Crippen molar-refractivity contribution >= 4 is 34.4 Å². The molecule has 0 radical (unpaired) electrons. The van der Waals surface area contributed by atoms with Crippen LogP contribution in [-0.4, -0.2) is 46.9 Å². The Labute approximate surface area is 230 Å². The van der Waals surface area contributed by atoms with Crippen LogP contribution in [0.3, 0.4) is 0 Å². The fourth-order valence-electron chi connectivity index (χ4n) is 4.92. The molecule has 5 nitrogen and oxygen atoms in total. The summed E-state index contributed by atoms with van der Waals surface area (Å²) in [5.41, 5.74) is 5.46. The van der Waals surface area contributed by atoms with Gasteiger partial charge in [0.15, 0.2) is 0 Å². The topological polar surface area (TPSA) is 48.5 Å².